The lowest BCUT2D eigenvalue weighted by atomic mass is 9.50. The molecule has 0 amide bonds. The van der Waals surface area contributed by atoms with Gasteiger partial charge in [-0.05, 0) is 45.4 Å². The zero-order valence-electron chi connectivity index (χ0n) is 10.2. The molecule has 90 valence electrons. The number of aliphatic hydroxyl groups is 2. The summed E-state index contributed by atoms with van der Waals surface area (Å²) in [4.78, 5) is 0. The Morgan fingerprint density at radius 2 is 1.69 bits per heavy atom. The Labute approximate surface area is 97.1 Å². The van der Waals surface area contributed by atoms with Crippen molar-refractivity contribution >= 4 is 0 Å². The van der Waals surface area contributed by atoms with E-state index in [-0.39, 0.29) is 5.92 Å². The standard InChI is InChI=1S/C13H21NO2/c1-10-11(2,15)5-3-6-12(10,9-14)13(16)7-4-8-13/h10,15-16H,3-8H2,1-2H3/t10-,11-,12-/m0/s1. The van der Waals surface area contributed by atoms with E-state index in [4.69, 9.17) is 0 Å². The van der Waals surface area contributed by atoms with Crippen molar-refractivity contribution in [1.82, 2.24) is 0 Å². The minimum absolute atomic E-state index is 0.163. The van der Waals surface area contributed by atoms with E-state index in [9.17, 15) is 15.5 Å². The summed E-state index contributed by atoms with van der Waals surface area (Å²) in [7, 11) is 0. The van der Waals surface area contributed by atoms with Crippen molar-refractivity contribution < 1.29 is 10.2 Å². The highest BCUT2D eigenvalue weighted by atomic mass is 16.3. The Hall–Kier alpha value is -0.590. The van der Waals surface area contributed by atoms with Gasteiger partial charge in [0.25, 0.3) is 0 Å². The fraction of sp³-hybridized carbons (Fsp3) is 0.923. The van der Waals surface area contributed by atoms with Crippen molar-refractivity contribution in [3.8, 4) is 6.07 Å². The minimum Gasteiger partial charge on any atom is -0.390 e. The van der Waals surface area contributed by atoms with E-state index in [2.05, 4.69) is 6.07 Å². The molecule has 0 aliphatic heterocycles. The molecule has 0 aromatic carbocycles. The molecular weight excluding hydrogens is 202 g/mol. The van der Waals surface area contributed by atoms with E-state index in [1.807, 2.05) is 6.92 Å². The van der Waals surface area contributed by atoms with Crippen LogP contribution < -0.4 is 0 Å². The number of nitriles is 1. The van der Waals surface area contributed by atoms with Crippen molar-refractivity contribution in [2.24, 2.45) is 11.3 Å². The molecule has 2 aliphatic carbocycles. The SMILES string of the molecule is C[C@H]1[C@@](C)(O)CCC[C@@]1(C#N)C1(O)CCC1. The second-order valence-electron chi connectivity index (χ2n) is 5.90. The molecule has 16 heavy (non-hydrogen) atoms. The van der Waals surface area contributed by atoms with E-state index < -0.39 is 16.6 Å². The van der Waals surface area contributed by atoms with E-state index >= 15 is 0 Å². The molecular formula is C13H21NO2. The van der Waals surface area contributed by atoms with Gasteiger partial charge < -0.3 is 10.2 Å². The first-order valence-electron chi connectivity index (χ1n) is 6.24. The lowest BCUT2D eigenvalue weighted by Crippen LogP contribution is -2.61. The van der Waals surface area contributed by atoms with Crippen LogP contribution in [0.15, 0.2) is 0 Å². The lowest BCUT2D eigenvalue weighted by molar-refractivity contribution is -0.190. The van der Waals surface area contributed by atoms with Gasteiger partial charge in [0.2, 0.25) is 0 Å². The van der Waals surface area contributed by atoms with Gasteiger partial charge in [0.05, 0.1) is 22.7 Å². The highest BCUT2D eigenvalue weighted by molar-refractivity contribution is 5.20. The summed E-state index contributed by atoms with van der Waals surface area (Å²) in [5.41, 5.74) is -2.42. The smallest absolute Gasteiger partial charge is 0.0912 e. The van der Waals surface area contributed by atoms with Gasteiger partial charge >= 0.3 is 0 Å². The lowest BCUT2D eigenvalue weighted by Gasteiger charge is -2.57. The van der Waals surface area contributed by atoms with Gasteiger partial charge in [0.15, 0.2) is 0 Å². The van der Waals surface area contributed by atoms with Crippen LogP contribution in [0.4, 0.5) is 0 Å². The monoisotopic (exact) mass is 223 g/mol. The molecule has 3 atom stereocenters. The van der Waals surface area contributed by atoms with Gasteiger partial charge in [-0.25, -0.2) is 0 Å². The third-order valence-electron chi connectivity index (χ3n) is 5.14. The number of nitrogens with zero attached hydrogens (tertiary/aromatic N) is 1. The molecule has 0 spiro atoms. The van der Waals surface area contributed by atoms with Crippen LogP contribution in [0.5, 0.6) is 0 Å². The van der Waals surface area contributed by atoms with Crippen molar-refractivity contribution in [2.75, 3.05) is 0 Å². The maximum Gasteiger partial charge on any atom is 0.0912 e. The second kappa shape index (κ2) is 3.45. The molecule has 0 unspecified atom stereocenters. The fourth-order valence-corrected chi connectivity index (χ4v) is 3.54. The Kier molecular flexibility index (Phi) is 2.56. The second-order valence-corrected chi connectivity index (χ2v) is 5.90. The van der Waals surface area contributed by atoms with E-state index in [0.717, 1.165) is 25.7 Å². The molecule has 2 fully saturated rings. The molecule has 2 aliphatic rings. The summed E-state index contributed by atoms with van der Waals surface area (Å²) in [6, 6.07) is 2.36. The number of rotatable bonds is 1. The van der Waals surface area contributed by atoms with Gasteiger partial charge in [0.1, 0.15) is 0 Å². The minimum atomic E-state index is -0.856. The van der Waals surface area contributed by atoms with E-state index in [1.54, 1.807) is 6.92 Å². The van der Waals surface area contributed by atoms with Crippen molar-refractivity contribution in [3.63, 3.8) is 0 Å². The fourth-order valence-electron chi connectivity index (χ4n) is 3.54. The zero-order chi connectivity index (χ0) is 12.0. The molecule has 2 saturated carbocycles. The summed E-state index contributed by atoms with van der Waals surface area (Å²) in [6.45, 7) is 3.71. The maximum atomic E-state index is 10.6. The summed E-state index contributed by atoms with van der Waals surface area (Å²) < 4.78 is 0. The molecule has 2 N–H and O–H groups in total. The molecule has 2 rings (SSSR count). The van der Waals surface area contributed by atoms with Crippen molar-refractivity contribution in [1.29, 1.82) is 5.26 Å². The summed E-state index contributed by atoms with van der Waals surface area (Å²) in [5, 5.41) is 30.4. The first-order chi connectivity index (χ1) is 7.38. The number of hydrogen-bond acceptors (Lipinski definition) is 3. The molecule has 0 radical (unpaired) electrons. The van der Waals surface area contributed by atoms with Gasteiger partial charge in [0, 0.05) is 5.92 Å². The van der Waals surface area contributed by atoms with Gasteiger partial charge in [-0.2, -0.15) is 5.26 Å². The molecule has 3 nitrogen and oxygen atoms in total. The predicted molar refractivity (Wildman–Crippen MR) is 60.5 cm³/mol. The van der Waals surface area contributed by atoms with Crippen LogP contribution in [0.3, 0.4) is 0 Å². The molecule has 0 aromatic heterocycles. The van der Waals surface area contributed by atoms with Crippen molar-refractivity contribution in [3.05, 3.63) is 0 Å². The predicted octanol–water partition coefficient (Wildman–Crippen LogP) is 1.98. The normalized spacial score (nSPS) is 46.8. The van der Waals surface area contributed by atoms with Crippen LogP contribution in [0, 0.1) is 22.7 Å². The highest BCUT2D eigenvalue weighted by Gasteiger charge is 2.61. The van der Waals surface area contributed by atoms with E-state index in [1.165, 1.54) is 0 Å². The topological polar surface area (TPSA) is 64.2 Å². The third-order valence-corrected chi connectivity index (χ3v) is 5.14. The molecule has 0 heterocycles. The number of hydrogen-bond donors (Lipinski definition) is 2. The van der Waals surface area contributed by atoms with Gasteiger partial charge in [-0.3, -0.25) is 0 Å². The van der Waals surface area contributed by atoms with Crippen molar-refractivity contribution in [2.45, 2.75) is 63.6 Å². The Morgan fingerprint density at radius 1 is 1.12 bits per heavy atom. The van der Waals surface area contributed by atoms with Gasteiger partial charge in [-0.1, -0.05) is 6.92 Å². The summed E-state index contributed by atoms with van der Waals surface area (Å²) in [6.07, 6.45) is 4.69. The highest BCUT2D eigenvalue weighted by Crippen LogP contribution is 2.58. The molecule has 0 aromatic rings. The molecule has 0 saturated heterocycles. The Bertz CT molecular complexity index is 327. The zero-order valence-corrected chi connectivity index (χ0v) is 10.2. The average molecular weight is 223 g/mol. The van der Waals surface area contributed by atoms with Crippen LogP contribution in [0.2, 0.25) is 0 Å². The first-order valence-corrected chi connectivity index (χ1v) is 6.24. The van der Waals surface area contributed by atoms with Crippen LogP contribution in [-0.4, -0.2) is 21.4 Å². The molecule has 0 bridgehead atoms. The van der Waals surface area contributed by atoms with E-state index in [0.29, 0.717) is 12.8 Å². The van der Waals surface area contributed by atoms with Crippen LogP contribution in [-0.2, 0) is 0 Å². The largest absolute Gasteiger partial charge is 0.390 e. The van der Waals surface area contributed by atoms with Crippen LogP contribution in [0.1, 0.15) is 52.4 Å². The third kappa shape index (κ3) is 1.33. The summed E-state index contributed by atoms with van der Waals surface area (Å²) >= 11 is 0. The maximum absolute atomic E-state index is 10.6. The van der Waals surface area contributed by atoms with Gasteiger partial charge in [-0.15, -0.1) is 0 Å². The first kappa shape index (κ1) is 11.9. The van der Waals surface area contributed by atoms with Crippen LogP contribution >= 0.6 is 0 Å². The summed E-state index contributed by atoms with van der Waals surface area (Å²) in [5.74, 6) is -0.163. The average Bonchev–Trinajstić information content (AvgIpc) is 2.19. The Morgan fingerprint density at radius 3 is 2.12 bits per heavy atom. The Balaban J connectivity index is 2.37. The quantitative estimate of drug-likeness (QED) is 0.714. The molecule has 3 heteroatoms. The van der Waals surface area contributed by atoms with Crippen LogP contribution in [0.25, 0.3) is 0 Å².